The van der Waals surface area contributed by atoms with E-state index in [1.807, 2.05) is 25.3 Å². The Hall–Kier alpha value is -2.14. The number of aromatic nitrogens is 1. The molecule has 0 aliphatic carbocycles. The van der Waals surface area contributed by atoms with Crippen LogP contribution in [0.5, 0.6) is 0 Å². The summed E-state index contributed by atoms with van der Waals surface area (Å²) < 4.78 is 0. The normalized spacial score (nSPS) is 10.1. The third kappa shape index (κ3) is 5.00. The molecule has 22 heavy (non-hydrogen) atoms. The van der Waals surface area contributed by atoms with Gasteiger partial charge in [-0.1, -0.05) is 23.8 Å². The van der Waals surface area contributed by atoms with Crippen LogP contribution in [0, 0.1) is 13.8 Å². The lowest BCUT2D eigenvalue weighted by Gasteiger charge is -2.20. The number of hydrogen-bond donors (Lipinski definition) is 2. The number of hydrogen-bond acceptors (Lipinski definition) is 3. The summed E-state index contributed by atoms with van der Waals surface area (Å²) in [6, 6.07) is 12.4. The minimum Gasteiger partial charge on any atom is -0.373 e. The van der Waals surface area contributed by atoms with Crippen molar-refractivity contribution < 1.29 is 0 Å². The maximum atomic E-state index is 5.27. The predicted octanol–water partition coefficient (Wildman–Crippen LogP) is 3.12. The fraction of sp³-hybridized carbons (Fsp3) is 0.294. The van der Waals surface area contributed by atoms with Crippen LogP contribution in [0.4, 0.5) is 11.5 Å². The summed E-state index contributed by atoms with van der Waals surface area (Å²) in [7, 11) is 2.07. The highest BCUT2D eigenvalue weighted by Crippen LogP contribution is 2.12. The second-order valence-corrected chi connectivity index (χ2v) is 5.77. The van der Waals surface area contributed by atoms with Gasteiger partial charge in [0.1, 0.15) is 5.82 Å². The maximum absolute atomic E-state index is 5.27. The minimum atomic E-state index is 0.591. The molecule has 2 aromatic rings. The lowest BCUT2D eigenvalue weighted by atomic mass is 10.2. The standard InChI is InChI=1S/C17H22N4S/c1-13-4-7-15(8-5-13)21(3)11-10-18-17(22)20-16-9-6-14(2)12-19-16/h4-9,12H,10-11H2,1-3H3,(H2,18,19,20,22). The maximum Gasteiger partial charge on any atom is 0.172 e. The first-order valence-electron chi connectivity index (χ1n) is 7.30. The van der Waals surface area contributed by atoms with Crippen molar-refractivity contribution in [1.29, 1.82) is 0 Å². The number of likely N-dealkylation sites (N-methyl/N-ethyl adjacent to an activating group) is 1. The van der Waals surface area contributed by atoms with Crippen LogP contribution in [0.15, 0.2) is 42.6 Å². The first-order valence-corrected chi connectivity index (χ1v) is 7.71. The van der Waals surface area contributed by atoms with Crippen LogP contribution < -0.4 is 15.5 Å². The SMILES string of the molecule is Cc1ccc(N(C)CCNC(=S)Nc2ccc(C)cn2)cc1. The highest BCUT2D eigenvalue weighted by Gasteiger charge is 2.02. The average molecular weight is 314 g/mol. The van der Waals surface area contributed by atoms with E-state index in [1.165, 1.54) is 11.3 Å². The van der Waals surface area contributed by atoms with Crippen molar-refractivity contribution in [3.8, 4) is 0 Å². The van der Waals surface area contributed by atoms with E-state index in [1.54, 1.807) is 0 Å². The summed E-state index contributed by atoms with van der Waals surface area (Å²) in [4.78, 5) is 6.46. The Morgan fingerprint density at radius 1 is 1.09 bits per heavy atom. The molecule has 0 saturated heterocycles. The fourth-order valence-corrected chi connectivity index (χ4v) is 2.17. The third-order valence-electron chi connectivity index (χ3n) is 3.36. The first kappa shape index (κ1) is 16.2. The molecular formula is C17H22N4S. The number of benzene rings is 1. The van der Waals surface area contributed by atoms with Gasteiger partial charge in [-0.2, -0.15) is 0 Å². The van der Waals surface area contributed by atoms with Gasteiger partial charge in [0.25, 0.3) is 0 Å². The zero-order chi connectivity index (χ0) is 15.9. The molecule has 4 nitrogen and oxygen atoms in total. The molecule has 1 heterocycles. The van der Waals surface area contributed by atoms with Gasteiger partial charge in [-0.15, -0.1) is 0 Å². The van der Waals surface area contributed by atoms with Crippen LogP contribution in [-0.4, -0.2) is 30.2 Å². The van der Waals surface area contributed by atoms with Crippen LogP contribution in [0.25, 0.3) is 0 Å². The van der Waals surface area contributed by atoms with Crippen molar-refractivity contribution in [1.82, 2.24) is 10.3 Å². The molecule has 0 aliphatic heterocycles. The number of aryl methyl sites for hydroxylation is 2. The van der Waals surface area contributed by atoms with Crippen LogP contribution in [0.3, 0.4) is 0 Å². The summed E-state index contributed by atoms with van der Waals surface area (Å²) in [6.07, 6.45) is 1.82. The number of anilines is 2. The van der Waals surface area contributed by atoms with Crippen molar-refractivity contribution >= 4 is 28.8 Å². The molecule has 2 rings (SSSR count). The molecule has 0 radical (unpaired) electrons. The van der Waals surface area contributed by atoms with E-state index in [2.05, 4.69) is 58.8 Å². The van der Waals surface area contributed by atoms with E-state index in [0.29, 0.717) is 5.11 Å². The van der Waals surface area contributed by atoms with E-state index in [-0.39, 0.29) is 0 Å². The molecule has 0 spiro atoms. The summed E-state index contributed by atoms with van der Waals surface area (Å²) in [6.45, 7) is 5.73. The molecule has 0 bridgehead atoms. The molecule has 0 amide bonds. The van der Waals surface area contributed by atoms with E-state index in [9.17, 15) is 0 Å². The molecule has 5 heteroatoms. The monoisotopic (exact) mass is 314 g/mol. The van der Waals surface area contributed by atoms with Crippen molar-refractivity contribution in [2.45, 2.75) is 13.8 Å². The summed E-state index contributed by atoms with van der Waals surface area (Å²) in [5, 5.41) is 6.87. The zero-order valence-electron chi connectivity index (χ0n) is 13.3. The van der Waals surface area contributed by atoms with Gasteiger partial charge in [-0.3, -0.25) is 0 Å². The van der Waals surface area contributed by atoms with Gasteiger partial charge in [-0.25, -0.2) is 4.98 Å². The summed E-state index contributed by atoms with van der Waals surface area (Å²) in [5.41, 5.74) is 3.60. The highest BCUT2D eigenvalue weighted by molar-refractivity contribution is 7.80. The van der Waals surface area contributed by atoms with Crippen LogP contribution >= 0.6 is 12.2 Å². The number of nitrogens with zero attached hydrogens (tertiary/aromatic N) is 2. The van der Waals surface area contributed by atoms with Gasteiger partial charge in [-0.05, 0) is 49.8 Å². The number of thiocarbonyl (C=S) groups is 1. The topological polar surface area (TPSA) is 40.2 Å². The van der Waals surface area contributed by atoms with Crippen molar-refractivity contribution in [2.75, 3.05) is 30.4 Å². The molecule has 0 fully saturated rings. The Balaban J connectivity index is 1.74. The van der Waals surface area contributed by atoms with Gasteiger partial charge in [0, 0.05) is 32.0 Å². The molecule has 2 N–H and O–H groups in total. The van der Waals surface area contributed by atoms with Crippen molar-refractivity contribution in [3.63, 3.8) is 0 Å². The fourth-order valence-electron chi connectivity index (χ4n) is 1.97. The van der Waals surface area contributed by atoms with Gasteiger partial charge >= 0.3 is 0 Å². The smallest absolute Gasteiger partial charge is 0.172 e. The van der Waals surface area contributed by atoms with Gasteiger partial charge in [0.05, 0.1) is 0 Å². The number of pyridine rings is 1. The largest absolute Gasteiger partial charge is 0.373 e. The number of rotatable bonds is 5. The van der Waals surface area contributed by atoms with Crippen molar-refractivity contribution in [3.05, 3.63) is 53.7 Å². The van der Waals surface area contributed by atoms with Crippen LogP contribution in [0.2, 0.25) is 0 Å². The second kappa shape index (κ2) is 7.75. The van der Waals surface area contributed by atoms with E-state index < -0.39 is 0 Å². The Kier molecular flexibility index (Phi) is 5.72. The second-order valence-electron chi connectivity index (χ2n) is 5.36. The molecule has 116 valence electrons. The lowest BCUT2D eigenvalue weighted by Crippen LogP contribution is -2.35. The molecule has 0 unspecified atom stereocenters. The number of nitrogens with one attached hydrogen (secondary N) is 2. The van der Waals surface area contributed by atoms with Gasteiger partial charge in [0.15, 0.2) is 5.11 Å². The third-order valence-corrected chi connectivity index (χ3v) is 3.61. The summed E-state index contributed by atoms with van der Waals surface area (Å²) >= 11 is 5.27. The Morgan fingerprint density at radius 2 is 1.77 bits per heavy atom. The first-order chi connectivity index (χ1) is 10.5. The molecule has 1 aromatic heterocycles. The van der Waals surface area contributed by atoms with E-state index >= 15 is 0 Å². The molecular weight excluding hydrogens is 292 g/mol. The lowest BCUT2D eigenvalue weighted by molar-refractivity contribution is 0.827. The van der Waals surface area contributed by atoms with Crippen LogP contribution in [0.1, 0.15) is 11.1 Å². The quantitative estimate of drug-likeness (QED) is 0.830. The van der Waals surface area contributed by atoms with Crippen LogP contribution in [-0.2, 0) is 0 Å². The molecule has 0 atom stereocenters. The average Bonchev–Trinajstić information content (AvgIpc) is 2.50. The van der Waals surface area contributed by atoms with Gasteiger partial charge < -0.3 is 15.5 Å². The minimum absolute atomic E-state index is 0.591. The van der Waals surface area contributed by atoms with Crippen molar-refractivity contribution in [2.24, 2.45) is 0 Å². The zero-order valence-corrected chi connectivity index (χ0v) is 14.1. The van der Waals surface area contributed by atoms with E-state index in [0.717, 1.165) is 24.5 Å². The highest BCUT2D eigenvalue weighted by atomic mass is 32.1. The Morgan fingerprint density at radius 3 is 2.41 bits per heavy atom. The Labute approximate surface area is 137 Å². The van der Waals surface area contributed by atoms with Gasteiger partial charge in [0.2, 0.25) is 0 Å². The molecule has 0 aliphatic rings. The molecule has 1 aromatic carbocycles. The molecule has 0 saturated carbocycles. The Bertz CT molecular complexity index is 608. The predicted molar refractivity (Wildman–Crippen MR) is 97.6 cm³/mol. The van der Waals surface area contributed by atoms with E-state index in [4.69, 9.17) is 12.2 Å². The summed E-state index contributed by atoms with van der Waals surface area (Å²) in [5.74, 6) is 0.759.